The van der Waals surface area contributed by atoms with Gasteiger partial charge in [0.05, 0.1) is 11.9 Å². The van der Waals surface area contributed by atoms with Crippen molar-refractivity contribution in [2.45, 2.75) is 39.8 Å². The summed E-state index contributed by atoms with van der Waals surface area (Å²) < 4.78 is 40.2. The molecule has 0 aliphatic rings. The number of carbonyl (C=O) groups is 2. The van der Waals surface area contributed by atoms with E-state index in [1.54, 1.807) is 37.3 Å². The Morgan fingerprint density at radius 2 is 1.72 bits per heavy atom. The minimum Gasteiger partial charge on any atom is -0.354 e. The summed E-state index contributed by atoms with van der Waals surface area (Å²) in [5.74, 6) is -1.51. The molecule has 1 atom stereocenters. The van der Waals surface area contributed by atoms with Gasteiger partial charge in [-0.2, -0.15) is 0 Å². The van der Waals surface area contributed by atoms with Gasteiger partial charge in [0.1, 0.15) is 18.4 Å². The third-order valence-corrected chi connectivity index (χ3v) is 6.16. The van der Waals surface area contributed by atoms with Gasteiger partial charge in [-0.3, -0.25) is 13.9 Å². The van der Waals surface area contributed by atoms with Crippen molar-refractivity contribution in [2.24, 2.45) is 0 Å². The molecule has 174 valence electrons. The molecular formula is C23H30FN3O4S. The first-order valence-electron chi connectivity index (χ1n) is 10.4. The van der Waals surface area contributed by atoms with Gasteiger partial charge in [0, 0.05) is 18.7 Å². The molecular weight excluding hydrogens is 433 g/mol. The average molecular weight is 464 g/mol. The Morgan fingerprint density at radius 3 is 2.28 bits per heavy atom. The van der Waals surface area contributed by atoms with Crippen LogP contribution < -0.4 is 9.62 Å². The molecule has 2 amide bonds. The Balaban J connectivity index is 2.37. The zero-order valence-corrected chi connectivity index (χ0v) is 19.7. The summed E-state index contributed by atoms with van der Waals surface area (Å²) in [6, 6.07) is 11.8. The molecule has 0 aromatic heterocycles. The number of anilines is 1. The van der Waals surface area contributed by atoms with E-state index in [9.17, 15) is 22.4 Å². The van der Waals surface area contributed by atoms with Crippen LogP contribution in [-0.2, 0) is 26.2 Å². The number of hydrogen-bond acceptors (Lipinski definition) is 4. The summed E-state index contributed by atoms with van der Waals surface area (Å²) in [5.41, 5.74) is 1.51. The number of halogens is 1. The summed E-state index contributed by atoms with van der Waals surface area (Å²) >= 11 is 0. The van der Waals surface area contributed by atoms with E-state index in [1.165, 1.54) is 23.1 Å². The number of sulfonamides is 1. The third kappa shape index (κ3) is 6.78. The van der Waals surface area contributed by atoms with Crippen LogP contribution in [0, 0.1) is 12.7 Å². The van der Waals surface area contributed by atoms with Crippen LogP contribution in [0.15, 0.2) is 48.5 Å². The zero-order valence-electron chi connectivity index (χ0n) is 18.8. The van der Waals surface area contributed by atoms with Crippen molar-refractivity contribution in [3.8, 4) is 0 Å². The Hall–Kier alpha value is -2.94. The van der Waals surface area contributed by atoms with Gasteiger partial charge in [-0.05, 0) is 38.5 Å². The Labute approximate surface area is 189 Å². The molecule has 2 rings (SSSR count). The molecule has 32 heavy (non-hydrogen) atoms. The number of nitrogens with zero attached hydrogens (tertiary/aromatic N) is 2. The maximum Gasteiger partial charge on any atom is 0.244 e. The van der Waals surface area contributed by atoms with E-state index in [0.717, 1.165) is 22.5 Å². The molecule has 7 nitrogen and oxygen atoms in total. The second-order valence-corrected chi connectivity index (χ2v) is 9.59. The second kappa shape index (κ2) is 11.1. The smallest absolute Gasteiger partial charge is 0.244 e. The lowest BCUT2D eigenvalue weighted by Crippen LogP contribution is -2.51. The number of hydrogen-bond donors (Lipinski definition) is 1. The van der Waals surface area contributed by atoms with E-state index in [1.807, 2.05) is 13.8 Å². The quantitative estimate of drug-likeness (QED) is 0.587. The van der Waals surface area contributed by atoms with Crippen LogP contribution in [0.4, 0.5) is 10.1 Å². The monoisotopic (exact) mass is 463 g/mol. The zero-order chi connectivity index (χ0) is 23.9. The van der Waals surface area contributed by atoms with Crippen molar-refractivity contribution >= 4 is 27.5 Å². The summed E-state index contributed by atoms with van der Waals surface area (Å²) in [6.07, 6.45) is 1.73. The van der Waals surface area contributed by atoms with E-state index >= 15 is 0 Å². The summed E-state index contributed by atoms with van der Waals surface area (Å²) in [4.78, 5) is 27.1. The molecule has 0 aliphatic carbocycles. The molecule has 0 spiro atoms. The van der Waals surface area contributed by atoms with E-state index in [4.69, 9.17) is 0 Å². The number of benzene rings is 2. The summed E-state index contributed by atoms with van der Waals surface area (Å²) in [6.45, 7) is 5.06. The molecule has 0 heterocycles. The lowest BCUT2D eigenvalue weighted by Gasteiger charge is -2.31. The molecule has 0 bridgehead atoms. The van der Waals surface area contributed by atoms with Crippen LogP contribution in [0.3, 0.4) is 0 Å². The first-order chi connectivity index (χ1) is 15.0. The fourth-order valence-corrected chi connectivity index (χ4v) is 3.96. The van der Waals surface area contributed by atoms with Crippen LogP contribution in [0.25, 0.3) is 0 Å². The van der Waals surface area contributed by atoms with Crippen molar-refractivity contribution < 1.29 is 22.4 Å². The van der Waals surface area contributed by atoms with Gasteiger partial charge >= 0.3 is 0 Å². The van der Waals surface area contributed by atoms with Gasteiger partial charge in [-0.15, -0.1) is 0 Å². The van der Waals surface area contributed by atoms with Crippen LogP contribution in [0.5, 0.6) is 0 Å². The largest absolute Gasteiger partial charge is 0.354 e. The van der Waals surface area contributed by atoms with Crippen LogP contribution >= 0.6 is 0 Å². The predicted molar refractivity (Wildman–Crippen MR) is 123 cm³/mol. The molecule has 0 saturated carbocycles. The summed E-state index contributed by atoms with van der Waals surface area (Å²) in [7, 11) is -3.79. The molecule has 0 aliphatic heterocycles. The fourth-order valence-electron chi connectivity index (χ4n) is 3.11. The fraction of sp³-hybridized carbons (Fsp3) is 0.391. The minimum atomic E-state index is -3.79. The van der Waals surface area contributed by atoms with Crippen LogP contribution in [-0.4, -0.2) is 50.5 Å². The second-order valence-electron chi connectivity index (χ2n) is 7.69. The topological polar surface area (TPSA) is 86.8 Å². The number of carbonyl (C=O) groups excluding carboxylic acids is 2. The van der Waals surface area contributed by atoms with Crippen molar-refractivity contribution in [2.75, 3.05) is 23.7 Å². The van der Waals surface area contributed by atoms with Gasteiger partial charge in [-0.1, -0.05) is 42.8 Å². The number of rotatable bonds is 10. The van der Waals surface area contributed by atoms with E-state index in [0.29, 0.717) is 12.2 Å². The van der Waals surface area contributed by atoms with E-state index in [-0.39, 0.29) is 12.1 Å². The molecule has 2 aromatic rings. The van der Waals surface area contributed by atoms with E-state index in [2.05, 4.69) is 5.32 Å². The highest BCUT2D eigenvalue weighted by molar-refractivity contribution is 7.92. The van der Waals surface area contributed by atoms with Crippen molar-refractivity contribution in [1.82, 2.24) is 10.2 Å². The first kappa shape index (κ1) is 25.3. The van der Waals surface area contributed by atoms with Gasteiger partial charge in [0.15, 0.2) is 0 Å². The molecule has 0 saturated heterocycles. The first-order valence-corrected chi connectivity index (χ1v) is 12.2. The maximum atomic E-state index is 14.3. The molecule has 1 unspecified atom stereocenters. The molecule has 0 fully saturated rings. The van der Waals surface area contributed by atoms with Crippen molar-refractivity contribution in [1.29, 1.82) is 0 Å². The SMILES string of the molecule is CCCNC(=O)C(C)N(Cc1ccccc1F)C(=O)CN(c1ccc(C)cc1)S(C)(=O)=O. The molecule has 2 aromatic carbocycles. The molecule has 1 N–H and O–H groups in total. The maximum absolute atomic E-state index is 14.3. The lowest BCUT2D eigenvalue weighted by molar-refractivity contribution is -0.139. The molecule has 9 heteroatoms. The minimum absolute atomic E-state index is 0.169. The highest BCUT2D eigenvalue weighted by atomic mass is 32.2. The van der Waals surface area contributed by atoms with Crippen LogP contribution in [0.1, 0.15) is 31.4 Å². The van der Waals surface area contributed by atoms with Gasteiger partial charge in [0.2, 0.25) is 21.8 Å². The van der Waals surface area contributed by atoms with Crippen LogP contribution in [0.2, 0.25) is 0 Å². The Kier molecular flexibility index (Phi) is 8.77. The number of nitrogens with one attached hydrogen (secondary N) is 1. The molecule has 0 radical (unpaired) electrons. The lowest BCUT2D eigenvalue weighted by atomic mass is 10.1. The Morgan fingerprint density at radius 1 is 1.09 bits per heavy atom. The standard InChI is InChI=1S/C23H30FN3O4S/c1-5-14-25-23(29)18(3)26(15-19-8-6-7-9-21(19)24)22(28)16-27(32(4,30)31)20-12-10-17(2)11-13-20/h6-13,18H,5,14-16H2,1-4H3,(H,25,29). The predicted octanol–water partition coefficient (Wildman–Crippen LogP) is 2.84. The van der Waals surface area contributed by atoms with E-state index < -0.39 is 40.2 Å². The Bertz CT molecular complexity index is 1040. The van der Waals surface area contributed by atoms with Gasteiger partial charge < -0.3 is 10.2 Å². The average Bonchev–Trinajstić information content (AvgIpc) is 2.74. The third-order valence-electron chi connectivity index (χ3n) is 5.02. The summed E-state index contributed by atoms with van der Waals surface area (Å²) in [5, 5.41) is 2.73. The number of amides is 2. The normalized spacial score (nSPS) is 12.2. The van der Waals surface area contributed by atoms with Gasteiger partial charge in [0.25, 0.3) is 0 Å². The number of aryl methyl sites for hydroxylation is 1. The highest BCUT2D eigenvalue weighted by Crippen LogP contribution is 2.20. The van der Waals surface area contributed by atoms with Crippen molar-refractivity contribution in [3.63, 3.8) is 0 Å². The van der Waals surface area contributed by atoms with Gasteiger partial charge in [-0.25, -0.2) is 12.8 Å². The highest BCUT2D eigenvalue weighted by Gasteiger charge is 2.30. The van der Waals surface area contributed by atoms with Crippen molar-refractivity contribution in [3.05, 3.63) is 65.5 Å².